The van der Waals surface area contributed by atoms with Gasteiger partial charge in [0.1, 0.15) is 11.9 Å². The molecule has 7 rings (SSSR count). The van der Waals surface area contributed by atoms with Crippen LogP contribution >= 0.6 is 22.9 Å². The van der Waals surface area contributed by atoms with Gasteiger partial charge in [-0.15, -0.1) is 11.3 Å². The molecule has 1 atom stereocenters. The van der Waals surface area contributed by atoms with E-state index in [9.17, 15) is 28.4 Å². The largest absolute Gasteiger partial charge is 0.487 e. The summed E-state index contributed by atoms with van der Waals surface area (Å²) in [6.45, 7) is 4.48. The molecule has 0 radical (unpaired) electrons. The average molecular weight is 994 g/mol. The summed E-state index contributed by atoms with van der Waals surface area (Å²) in [7, 11) is 0. The van der Waals surface area contributed by atoms with Crippen LogP contribution in [-0.4, -0.2) is 129 Å². The van der Waals surface area contributed by atoms with Crippen molar-refractivity contribution in [2.24, 2.45) is 5.41 Å². The highest BCUT2D eigenvalue weighted by Crippen LogP contribution is 2.41. The number of piperidine rings is 1. The minimum absolute atomic E-state index is 0.00199. The van der Waals surface area contributed by atoms with Gasteiger partial charge in [-0.25, -0.2) is 14.4 Å². The number of hydrogen-bond donors (Lipinski definition) is 5. The molecule has 4 aromatic rings. The highest BCUT2D eigenvalue weighted by Gasteiger charge is 2.43. The number of pyridine rings is 1. The molecule has 0 spiro atoms. The highest BCUT2D eigenvalue weighted by atomic mass is 35.5. The third kappa shape index (κ3) is 14.7. The van der Waals surface area contributed by atoms with Gasteiger partial charge in [-0.05, 0) is 68.5 Å². The van der Waals surface area contributed by atoms with Crippen LogP contribution in [0.1, 0.15) is 66.6 Å². The number of nitrogens with one attached hydrogen (secondary N) is 5. The lowest BCUT2D eigenvalue weighted by atomic mass is 9.69. The second-order valence-electron chi connectivity index (χ2n) is 16.8. The van der Waals surface area contributed by atoms with Crippen molar-refractivity contribution in [2.45, 2.75) is 70.1 Å². The summed E-state index contributed by atoms with van der Waals surface area (Å²) in [5.74, 6) is -1.29. The zero-order valence-electron chi connectivity index (χ0n) is 38.2. The molecule has 1 aliphatic carbocycles. The molecule has 5 N–H and O–H groups in total. The lowest BCUT2D eigenvalue weighted by molar-refractivity contribution is -0.137. The quantitative estimate of drug-likeness (QED) is 0.0384. The number of benzene rings is 2. The first-order valence-corrected chi connectivity index (χ1v) is 24.4. The first-order valence-electron chi connectivity index (χ1n) is 23.2. The Hall–Kier alpha value is -5.61. The fourth-order valence-electron chi connectivity index (χ4n) is 8.46. The summed E-state index contributed by atoms with van der Waals surface area (Å²) < 4.78 is 43.2. The van der Waals surface area contributed by atoms with E-state index in [-0.39, 0.29) is 66.3 Å². The zero-order chi connectivity index (χ0) is 48.4. The van der Waals surface area contributed by atoms with Crippen molar-refractivity contribution < 1.29 is 52.0 Å². The third-order valence-electron chi connectivity index (χ3n) is 12.0. The number of fused-ring (bicyclic) bond motifs is 1. The molecule has 2 aromatic carbocycles. The Bertz CT molecular complexity index is 2370. The van der Waals surface area contributed by atoms with E-state index in [0.717, 1.165) is 10.8 Å². The molecule has 1 unspecified atom stereocenters. The average Bonchev–Trinajstić information content (AvgIpc) is 3.98. The number of carbonyl (C=O) groups is 5. The van der Waals surface area contributed by atoms with E-state index < -0.39 is 23.2 Å². The maximum absolute atomic E-state index is 14.6. The molecule has 18 nitrogen and oxygen atoms in total. The van der Waals surface area contributed by atoms with Crippen molar-refractivity contribution in [3.05, 3.63) is 93.8 Å². The van der Waals surface area contributed by atoms with Gasteiger partial charge >= 0.3 is 0 Å². The summed E-state index contributed by atoms with van der Waals surface area (Å²) in [5, 5.41) is 17.2. The monoisotopic (exact) mass is 992 g/mol. The van der Waals surface area contributed by atoms with Crippen molar-refractivity contribution >= 4 is 69.1 Å². The van der Waals surface area contributed by atoms with Gasteiger partial charge < -0.3 is 49.9 Å². The molecule has 2 aromatic heterocycles. The van der Waals surface area contributed by atoms with E-state index in [4.69, 9.17) is 40.3 Å². The number of anilines is 3. The van der Waals surface area contributed by atoms with Crippen LogP contribution in [0.25, 0.3) is 0 Å². The van der Waals surface area contributed by atoms with Crippen molar-refractivity contribution in [1.29, 1.82) is 0 Å². The highest BCUT2D eigenvalue weighted by molar-refractivity contribution is 7.13. The molecule has 1 saturated carbocycles. The van der Waals surface area contributed by atoms with E-state index in [1.807, 2.05) is 23.6 Å². The summed E-state index contributed by atoms with van der Waals surface area (Å²) in [6.07, 6.45) is 4.63. The van der Waals surface area contributed by atoms with Gasteiger partial charge in [-0.2, -0.15) is 0 Å². The second-order valence-corrected chi connectivity index (χ2v) is 18.1. The fraction of sp³-hybridized carbons (Fsp3) is 0.479. The summed E-state index contributed by atoms with van der Waals surface area (Å²) in [6, 6.07) is 14.7. The van der Waals surface area contributed by atoms with Crippen molar-refractivity contribution in [1.82, 2.24) is 30.8 Å². The number of carbonyl (C=O) groups excluding carboxylic acids is 5. The predicted molar refractivity (Wildman–Crippen MR) is 255 cm³/mol. The zero-order valence-corrected chi connectivity index (χ0v) is 39.8. The van der Waals surface area contributed by atoms with Gasteiger partial charge in [0.05, 0.1) is 69.4 Å². The molecule has 370 valence electrons. The second kappa shape index (κ2) is 25.8. The van der Waals surface area contributed by atoms with Crippen molar-refractivity contribution in [2.75, 3.05) is 83.1 Å². The number of thiazole rings is 1. The van der Waals surface area contributed by atoms with Crippen LogP contribution in [0.2, 0.25) is 5.02 Å². The first-order chi connectivity index (χ1) is 33.6. The number of rotatable bonds is 27. The molecular formula is C48H58ClFN8O10S. The Morgan fingerprint density at radius 2 is 1.58 bits per heavy atom. The van der Waals surface area contributed by atoms with E-state index >= 15 is 0 Å². The summed E-state index contributed by atoms with van der Waals surface area (Å²) in [5.41, 5.74) is 1.62. The summed E-state index contributed by atoms with van der Waals surface area (Å²) >= 11 is 7.45. The smallest absolute Gasteiger partial charge is 0.255 e. The maximum atomic E-state index is 14.6. The van der Waals surface area contributed by atoms with Gasteiger partial charge in [0.15, 0.2) is 16.7 Å². The first kappa shape index (κ1) is 51.2. The van der Waals surface area contributed by atoms with Crippen LogP contribution in [0.15, 0.2) is 66.2 Å². The molecule has 2 fully saturated rings. The van der Waals surface area contributed by atoms with Gasteiger partial charge in [-0.3, -0.25) is 29.3 Å². The van der Waals surface area contributed by atoms with Crippen molar-refractivity contribution in [3.63, 3.8) is 0 Å². The predicted octanol–water partition coefficient (Wildman–Crippen LogP) is 5.19. The molecule has 5 amide bonds. The molecule has 1 saturated heterocycles. The molecule has 69 heavy (non-hydrogen) atoms. The molecule has 2 aliphatic heterocycles. The Morgan fingerprint density at radius 1 is 0.870 bits per heavy atom. The number of aromatic nitrogens is 2. The van der Waals surface area contributed by atoms with Gasteiger partial charge in [0.2, 0.25) is 23.6 Å². The Balaban J connectivity index is 0.708. The number of nitrogens with zero attached hydrogens (tertiary/aromatic N) is 3. The molecule has 0 bridgehead atoms. The Labute approximate surface area is 408 Å². The lowest BCUT2D eigenvalue weighted by Crippen LogP contribution is -2.52. The molecule has 3 aliphatic rings. The Morgan fingerprint density at radius 3 is 2.30 bits per heavy atom. The minimum atomic E-state index is -0.754. The summed E-state index contributed by atoms with van der Waals surface area (Å²) in [4.78, 5) is 74.2. The van der Waals surface area contributed by atoms with Crippen LogP contribution < -0.4 is 31.3 Å². The number of ether oxygens (including phenoxy) is 5. The van der Waals surface area contributed by atoms with Crippen LogP contribution in [0, 0.1) is 11.2 Å². The van der Waals surface area contributed by atoms with E-state index in [2.05, 4.69) is 31.6 Å². The number of amides is 5. The number of imide groups is 1. The van der Waals surface area contributed by atoms with Gasteiger partial charge in [0, 0.05) is 79.5 Å². The van der Waals surface area contributed by atoms with Gasteiger partial charge in [0.25, 0.3) is 5.91 Å². The number of halogens is 2. The third-order valence-corrected chi connectivity index (χ3v) is 13.0. The van der Waals surface area contributed by atoms with E-state index in [1.165, 1.54) is 22.3 Å². The molecule has 21 heteroatoms. The van der Waals surface area contributed by atoms with Crippen LogP contribution in [0.3, 0.4) is 0 Å². The minimum Gasteiger partial charge on any atom is -0.487 e. The van der Waals surface area contributed by atoms with Crippen LogP contribution in [0.5, 0.6) is 5.75 Å². The Kier molecular flexibility index (Phi) is 19.2. The molecule has 4 heterocycles. The normalized spacial score (nSPS) is 19.0. The van der Waals surface area contributed by atoms with Crippen LogP contribution in [-0.2, 0) is 51.1 Å². The maximum Gasteiger partial charge on any atom is 0.255 e. The number of hydrogen-bond acceptors (Lipinski definition) is 15. The van der Waals surface area contributed by atoms with Crippen molar-refractivity contribution in [3.8, 4) is 5.75 Å². The van der Waals surface area contributed by atoms with Gasteiger partial charge in [-0.1, -0.05) is 29.8 Å². The topological polar surface area (TPSA) is 221 Å². The van der Waals surface area contributed by atoms with Crippen LogP contribution in [0.4, 0.5) is 21.0 Å². The SMILES string of the molecule is O=C1CCC(N2Cc3c(NC(=O)CCNCCOCCOCCOCCOCCNC(=O)[C@]4(Cc5cccc(Nc6nccs6)n5)CC[C@@H](Oc5cccc(Cl)c5F)CC4)cccc3C2=O)C(=O)N1. The lowest BCUT2D eigenvalue weighted by Gasteiger charge is -2.39. The fourth-order valence-corrected chi connectivity index (χ4v) is 9.16. The standard InChI is InChI=1S/C48H58ClFN8O10S/c49-36-6-3-8-39(43(36)50)68-33-12-15-48(16-13-33,30-32-4-1-9-40(54-32)56-47-53-20-29-69-47)46(63)52-19-22-65-24-26-67-28-27-66-25-23-64-21-18-51-17-14-42(60)55-37-7-2-5-34-35(37)31-58(45(34)62)38-10-11-41(59)57-44(38)61/h1-9,20,29,33,38,51H,10-19,21-28,30-31H2,(H,52,63)(H,55,60)(H,53,54,56)(H,57,59,61)/t33-,38?,48-. The van der Waals surface area contributed by atoms with E-state index in [1.54, 1.807) is 36.5 Å². The van der Waals surface area contributed by atoms with E-state index in [0.29, 0.717) is 127 Å². The molecular weight excluding hydrogens is 935 g/mol.